The van der Waals surface area contributed by atoms with Crippen LogP contribution in [0.2, 0.25) is 10.0 Å². The summed E-state index contributed by atoms with van der Waals surface area (Å²) in [6.07, 6.45) is 0.383. The standard InChI is InChI=1S/C30H35Cl2N5O5S/c1-5-36(28(39)24-12-13-37(24)43(41,42)25-15-19(31)10-11-21(25)32)20-16-35(17-20)29(40)26(30(2,3)4)34-27(38)23-14-18-8-6-7-9-22(18)33-23/h6-11,14-15,20,24,26,33H,5,12-13,16-17H2,1-4H3,(H,34,38)/t24?,26-/m1/s1. The van der Waals surface area contributed by atoms with Gasteiger partial charge in [-0.2, -0.15) is 4.31 Å². The molecule has 13 heteroatoms. The number of aromatic amines is 1. The van der Waals surface area contributed by atoms with Crippen molar-refractivity contribution in [2.24, 2.45) is 5.41 Å². The molecule has 0 bridgehead atoms. The summed E-state index contributed by atoms with van der Waals surface area (Å²) in [6.45, 7) is 8.60. The number of benzene rings is 2. The number of fused-ring (bicyclic) bond motifs is 1. The minimum absolute atomic E-state index is 0.0352. The summed E-state index contributed by atoms with van der Waals surface area (Å²) in [7, 11) is -4.04. The number of likely N-dealkylation sites (N-methyl/N-ethyl adjacent to an activating group) is 1. The summed E-state index contributed by atoms with van der Waals surface area (Å²) in [5.74, 6) is -0.926. The van der Waals surface area contributed by atoms with Gasteiger partial charge in [-0.15, -0.1) is 0 Å². The quantitative estimate of drug-likeness (QED) is 0.380. The van der Waals surface area contributed by atoms with Crippen molar-refractivity contribution in [3.8, 4) is 0 Å². The normalized spacial score (nSPS) is 18.6. The zero-order valence-corrected chi connectivity index (χ0v) is 26.8. The highest BCUT2D eigenvalue weighted by Crippen LogP contribution is 2.34. The lowest BCUT2D eigenvalue weighted by atomic mass is 9.84. The van der Waals surface area contributed by atoms with Crippen molar-refractivity contribution in [3.63, 3.8) is 0 Å². The van der Waals surface area contributed by atoms with Crippen molar-refractivity contribution in [3.05, 3.63) is 64.3 Å². The van der Waals surface area contributed by atoms with Crippen LogP contribution in [-0.4, -0.2) is 89.5 Å². The lowest BCUT2D eigenvalue weighted by Crippen LogP contribution is -2.69. The Labute approximate surface area is 261 Å². The van der Waals surface area contributed by atoms with Crippen LogP contribution >= 0.6 is 23.2 Å². The van der Waals surface area contributed by atoms with Crippen LogP contribution in [0.15, 0.2) is 53.4 Å². The molecular formula is C30H35Cl2N5O5S. The van der Waals surface area contributed by atoms with E-state index in [1.165, 1.54) is 18.2 Å². The number of aromatic nitrogens is 1. The summed E-state index contributed by atoms with van der Waals surface area (Å²) in [5, 5.41) is 4.07. The number of H-pyrrole nitrogens is 1. The number of carbonyl (C=O) groups is 3. The van der Waals surface area contributed by atoms with E-state index in [1.54, 1.807) is 15.9 Å². The van der Waals surface area contributed by atoms with Gasteiger partial charge in [0, 0.05) is 42.1 Å². The van der Waals surface area contributed by atoms with Crippen LogP contribution in [0.1, 0.15) is 44.6 Å². The number of hydrogen-bond acceptors (Lipinski definition) is 5. The average molecular weight is 649 g/mol. The lowest BCUT2D eigenvalue weighted by molar-refractivity contribution is -0.152. The molecule has 1 aromatic heterocycles. The van der Waals surface area contributed by atoms with Gasteiger partial charge in [-0.1, -0.05) is 62.2 Å². The maximum Gasteiger partial charge on any atom is 0.268 e. The van der Waals surface area contributed by atoms with Crippen molar-refractivity contribution < 1.29 is 22.8 Å². The highest BCUT2D eigenvalue weighted by molar-refractivity contribution is 7.89. The van der Waals surface area contributed by atoms with Gasteiger partial charge in [0.25, 0.3) is 5.91 Å². The lowest BCUT2D eigenvalue weighted by Gasteiger charge is -2.49. The van der Waals surface area contributed by atoms with Crippen molar-refractivity contribution in [1.29, 1.82) is 0 Å². The SMILES string of the molecule is CCN(C(=O)C1CCN1S(=O)(=O)c1cc(Cl)ccc1Cl)C1CN(C(=O)[C@@H](NC(=O)c2cc3ccccc3[nH]2)C(C)(C)C)C1. The molecule has 2 N–H and O–H groups in total. The van der Waals surface area contributed by atoms with Crippen LogP contribution in [0.5, 0.6) is 0 Å². The molecule has 2 saturated heterocycles. The predicted molar refractivity (Wildman–Crippen MR) is 166 cm³/mol. The molecule has 3 aromatic rings. The molecule has 10 nitrogen and oxygen atoms in total. The number of halogens is 2. The monoisotopic (exact) mass is 647 g/mol. The third-order valence-corrected chi connectivity index (χ3v) is 10.8. The first kappa shape index (κ1) is 31.3. The number of sulfonamides is 1. The number of carbonyl (C=O) groups excluding carboxylic acids is 3. The van der Waals surface area contributed by atoms with Gasteiger partial charge in [0.1, 0.15) is 22.7 Å². The van der Waals surface area contributed by atoms with E-state index < -0.39 is 27.5 Å². The molecule has 3 amide bonds. The van der Waals surface area contributed by atoms with Gasteiger partial charge in [-0.05, 0) is 49.1 Å². The molecule has 43 heavy (non-hydrogen) atoms. The molecule has 5 rings (SSSR count). The molecule has 2 aliphatic heterocycles. The first-order valence-corrected chi connectivity index (χ1v) is 16.4. The Morgan fingerprint density at radius 3 is 2.40 bits per heavy atom. The van der Waals surface area contributed by atoms with E-state index in [-0.39, 0.29) is 58.3 Å². The van der Waals surface area contributed by atoms with E-state index in [4.69, 9.17) is 23.2 Å². The summed E-state index contributed by atoms with van der Waals surface area (Å²) in [4.78, 5) is 46.6. The second-order valence-corrected chi connectivity index (χ2v) is 14.8. The molecule has 1 unspecified atom stereocenters. The fourth-order valence-corrected chi connectivity index (χ4v) is 7.92. The number of nitrogens with one attached hydrogen (secondary N) is 2. The van der Waals surface area contributed by atoms with Gasteiger partial charge >= 0.3 is 0 Å². The Kier molecular flexibility index (Phi) is 8.56. The zero-order valence-electron chi connectivity index (χ0n) is 24.4. The van der Waals surface area contributed by atoms with E-state index >= 15 is 0 Å². The summed E-state index contributed by atoms with van der Waals surface area (Å²) in [5.41, 5.74) is 0.619. The maximum absolute atomic E-state index is 13.6. The second-order valence-electron chi connectivity index (χ2n) is 12.1. The van der Waals surface area contributed by atoms with E-state index in [1.807, 2.05) is 52.0 Å². The van der Waals surface area contributed by atoms with Crippen LogP contribution in [0, 0.1) is 5.41 Å². The van der Waals surface area contributed by atoms with Crippen LogP contribution in [0.25, 0.3) is 10.9 Å². The van der Waals surface area contributed by atoms with Gasteiger partial charge in [0.2, 0.25) is 21.8 Å². The molecule has 230 valence electrons. The van der Waals surface area contributed by atoms with Crippen molar-refractivity contribution in [2.75, 3.05) is 26.2 Å². The molecule has 0 aliphatic carbocycles. The van der Waals surface area contributed by atoms with E-state index in [9.17, 15) is 22.8 Å². The van der Waals surface area contributed by atoms with Gasteiger partial charge in [0.15, 0.2) is 0 Å². The molecule has 0 spiro atoms. The topological polar surface area (TPSA) is 123 Å². The minimum Gasteiger partial charge on any atom is -0.351 e. The Morgan fingerprint density at radius 1 is 1.09 bits per heavy atom. The second kappa shape index (κ2) is 11.8. The third-order valence-electron chi connectivity index (χ3n) is 8.14. The molecule has 2 atom stereocenters. The third kappa shape index (κ3) is 6.00. The molecule has 0 saturated carbocycles. The van der Waals surface area contributed by atoms with Crippen LogP contribution in [0.3, 0.4) is 0 Å². The number of likely N-dealkylation sites (tertiary alicyclic amines) is 1. The van der Waals surface area contributed by atoms with Gasteiger partial charge < -0.3 is 20.1 Å². The first-order chi connectivity index (χ1) is 20.2. The molecule has 2 fully saturated rings. The number of hydrogen-bond donors (Lipinski definition) is 2. The van der Waals surface area contributed by atoms with Gasteiger partial charge in [-0.3, -0.25) is 14.4 Å². The number of nitrogens with zero attached hydrogens (tertiary/aromatic N) is 3. The Bertz CT molecular complexity index is 1650. The summed E-state index contributed by atoms with van der Waals surface area (Å²) in [6, 6.07) is 11.6. The van der Waals surface area contributed by atoms with Crippen molar-refractivity contribution in [2.45, 2.75) is 57.1 Å². The molecule has 2 aliphatic rings. The highest BCUT2D eigenvalue weighted by atomic mass is 35.5. The Hall–Kier alpha value is -3.12. The maximum atomic E-state index is 13.6. The predicted octanol–water partition coefficient (Wildman–Crippen LogP) is 4.14. The molecule has 3 heterocycles. The van der Waals surface area contributed by atoms with Crippen LogP contribution in [0.4, 0.5) is 0 Å². The summed E-state index contributed by atoms with van der Waals surface area (Å²) < 4.78 is 27.8. The number of amides is 3. The Balaban J connectivity index is 1.24. The zero-order chi connectivity index (χ0) is 31.3. The van der Waals surface area contributed by atoms with E-state index in [0.29, 0.717) is 18.7 Å². The minimum atomic E-state index is -4.04. The Morgan fingerprint density at radius 2 is 1.79 bits per heavy atom. The highest BCUT2D eigenvalue weighted by Gasteiger charge is 2.48. The van der Waals surface area contributed by atoms with Crippen LogP contribution < -0.4 is 5.32 Å². The molecule has 2 aromatic carbocycles. The van der Waals surface area contributed by atoms with E-state index in [0.717, 1.165) is 15.2 Å². The van der Waals surface area contributed by atoms with Crippen molar-refractivity contribution in [1.82, 2.24) is 24.4 Å². The first-order valence-electron chi connectivity index (χ1n) is 14.2. The molecular weight excluding hydrogens is 613 g/mol. The van der Waals surface area contributed by atoms with Gasteiger partial charge in [-0.25, -0.2) is 8.42 Å². The number of rotatable bonds is 8. The average Bonchev–Trinajstić information content (AvgIpc) is 3.33. The fraction of sp³-hybridized carbons (Fsp3) is 0.433. The molecule has 0 radical (unpaired) electrons. The van der Waals surface area contributed by atoms with Crippen LogP contribution in [-0.2, 0) is 19.6 Å². The van der Waals surface area contributed by atoms with Gasteiger partial charge in [0.05, 0.1) is 11.1 Å². The summed E-state index contributed by atoms with van der Waals surface area (Å²) >= 11 is 12.2. The number of para-hydroxylation sites is 1. The largest absolute Gasteiger partial charge is 0.351 e. The fourth-order valence-electron chi connectivity index (χ4n) is 5.55. The smallest absolute Gasteiger partial charge is 0.268 e. The van der Waals surface area contributed by atoms with Crippen molar-refractivity contribution >= 4 is 61.8 Å². The van der Waals surface area contributed by atoms with E-state index in [2.05, 4.69) is 10.3 Å².